The van der Waals surface area contributed by atoms with E-state index in [-0.39, 0.29) is 18.4 Å². The largest absolute Gasteiger partial charge is 0.339 e. The van der Waals surface area contributed by atoms with Crippen molar-refractivity contribution in [3.05, 3.63) is 30.1 Å². The summed E-state index contributed by atoms with van der Waals surface area (Å²) in [7, 11) is 1.69. The third-order valence-corrected chi connectivity index (χ3v) is 3.64. The van der Waals surface area contributed by atoms with Crippen LogP contribution in [0.4, 0.5) is 0 Å². The number of pyridine rings is 1. The smallest absolute Gasteiger partial charge is 0.242 e. The van der Waals surface area contributed by atoms with Gasteiger partial charge in [0.1, 0.15) is 0 Å². The molecule has 1 N–H and O–H groups in total. The average Bonchev–Trinajstić information content (AvgIpc) is 2.54. The zero-order valence-corrected chi connectivity index (χ0v) is 12.4. The number of aryl methyl sites for hydroxylation is 1. The molecule has 0 aromatic carbocycles. The monoisotopic (exact) mass is 290 g/mol. The van der Waals surface area contributed by atoms with Gasteiger partial charge in [0.25, 0.3) is 0 Å². The highest BCUT2D eigenvalue weighted by molar-refractivity contribution is 5.84. The van der Waals surface area contributed by atoms with E-state index < -0.39 is 0 Å². The molecule has 0 bridgehead atoms. The predicted molar refractivity (Wildman–Crippen MR) is 79.6 cm³/mol. The summed E-state index contributed by atoms with van der Waals surface area (Å²) in [5.74, 6) is 0.0200. The number of amides is 2. The number of carbonyl (C=O) groups is 2. The number of nitrogens with zero attached hydrogens (tertiary/aromatic N) is 3. The Bertz CT molecular complexity index is 472. The topological polar surface area (TPSA) is 65.5 Å². The van der Waals surface area contributed by atoms with Crippen LogP contribution >= 0.6 is 0 Å². The third kappa shape index (κ3) is 4.82. The van der Waals surface area contributed by atoms with E-state index in [0.29, 0.717) is 12.8 Å². The number of nitrogens with one attached hydrogen (secondary N) is 1. The molecule has 1 fully saturated rings. The molecular formula is C15H22N4O2. The average molecular weight is 290 g/mol. The minimum Gasteiger partial charge on any atom is -0.339 e. The molecule has 1 saturated heterocycles. The molecular weight excluding hydrogens is 268 g/mol. The summed E-state index contributed by atoms with van der Waals surface area (Å²) in [6.45, 7) is 3.25. The second-order valence-electron chi connectivity index (χ2n) is 5.24. The minimum atomic E-state index is -0.00435. The first-order valence-corrected chi connectivity index (χ1v) is 7.28. The number of carbonyl (C=O) groups excluding carboxylic acids is 2. The molecule has 6 heteroatoms. The van der Waals surface area contributed by atoms with Gasteiger partial charge in [-0.25, -0.2) is 0 Å². The highest BCUT2D eigenvalue weighted by Gasteiger charge is 2.19. The molecule has 2 heterocycles. The second kappa shape index (κ2) is 7.73. The molecule has 6 nitrogen and oxygen atoms in total. The van der Waals surface area contributed by atoms with Crippen molar-refractivity contribution in [2.24, 2.45) is 0 Å². The number of likely N-dealkylation sites (N-methyl/N-ethyl adjacent to an activating group) is 1. The molecule has 1 aliphatic heterocycles. The Morgan fingerprint density at radius 1 is 1.29 bits per heavy atom. The Hall–Kier alpha value is -1.95. The van der Waals surface area contributed by atoms with Crippen LogP contribution < -0.4 is 5.32 Å². The summed E-state index contributed by atoms with van der Waals surface area (Å²) in [4.78, 5) is 31.4. The van der Waals surface area contributed by atoms with Crippen molar-refractivity contribution in [3.8, 4) is 0 Å². The van der Waals surface area contributed by atoms with Gasteiger partial charge in [-0.2, -0.15) is 0 Å². The highest BCUT2D eigenvalue weighted by Crippen LogP contribution is 2.03. The van der Waals surface area contributed by atoms with Crippen LogP contribution in [0.1, 0.15) is 12.0 Å². The van der Waals surface area contributed by atoms with E-state index in [4.69, 9.17) is 0 Å². The Balaban J connectivity index is 1.75. The van der Waals surface area contributed by atoms with Crippen molar-refractivity contribution in [2.75, 3.05) is 39.8 Å². The van der Waals surface area contributed by atoms with E-state index in [9.17, 15) is 9.59 Å². The maximum atomic E-state index is 12.1. The van der Waals surface area contributed by atoms with Crippen LogP contribution in [0, 0.1) is 0 Å². The molecule has 0 aliphatic carbocycles. The number of piperazine rings is 1. The first-order valence-electron chi connectivity index (χ1n) is 7.28. The molecule has 2 rings (SSSR count). The number of aromatic nitrogens is 1. The van der Waals surface area contributed by atoms with Gasteiger partial charge in [0.2, 0.25) is 11.8 Å². The molecule has 1 aromatic heterocycles. The van der Waals surface area contributed by atoms with Crippen LogP contribution in [-0.2, 0) is 16.0 Å². The summed E-state index contributed by atoms with van der Waals surface area (Å²) in [5, 5.41) is 3.20. The van der Waals surface area contributed by atoms with Crippen LogP contribution in [0.15, 0.2) is 24.5 Å². The lowest BCUT2D eigenvalue weighted by molar-refractivity contribution is -0.139. The molecule has 0 saturated carbocycles. The summed E-state index contributed by atoms with van der Waals surface area (Å²) in [6, 6.07) is 3.80. The van der Waals surface area contributed by atoms with Crippen molar-refractivity contribution < 1.29 is 9.59 Å². The van der Waals surface area contributed by atoms with Gasteiger partial charge >= 0.3 is 0 Å². The van der Waals surface area contributed by atoms with Crippen molar-refractivity contribution in [1.82, 2.24) is 20.1 Å². The van der Waals surface area contributed by atoms with E-state index in [0.717, 1.165) is 31.7 Å². The second-order valence-corrected chi connectivity index (χ2v) is 5.24. The Morgan fingerprint density at radius 3 is 2.62 bits per heavy atom. The molecule has 0 atom stereocenters. The molecule has 0 spiro atoms. The normalized spacial score (nSPS) is 14.8. The van der Waals surface area contributed by atoms with Crippen molar-refractivity contribution >= 4 is 11.8 Å². The van der Waals surface area contributed by atoms with Crippen molar-refractivity contribution in [1.29, 1.82) is 0 Å². The van der Waals surface area contributed by atoms with Gasteiger partial charge < -0.3 is 15.1 Å². The summed E-state index contributed by atoms with van der Waals surface area (Å²) < 4.78 is 0. The molecule has 0 radical (unpaired) electrons. The zero-order chi connectivity index (χ0) is 15.1. The lowest BCUT2D eigenvalue weighted by Gasteiger charge is -2.29. The Morgan fingerprint density at radius 2 is 1.95 bits per heavy atom. The van der Waals surface area contributed by atoms with E-state index in [1.54, 1.807) is 19.4 Å². The lowest BCUT2D eigenvalue weighted by Crippen LogP contribution is -2.49. The van der Waals surface area contributed by atoms with E-state index in [1.165, 1.54) is 4.90 Å². The number of hydrogen-bond acceptors (Lipinski definition) is 4. The minimum absolute atomic E-state index is 0.00435. The maximum absolute atomic E-state index is 12.1. The third-order valence-electron chi connectivity index (χ3n) is 3.64. The molecule has 114 valence electrons. The van der Waals surface area contributed by atoms with Gasteiger partial charge in [-0.15, -0.1) is 0 Å². The standard InChI is InChI=1S/C15H22N4O2/c1-18(12-15(21)19-10-8-17-9-11-19)14(20)3-2-13-4-6-16-7-5-13/h4-7,17H,2-3,8-12H2,1H3. The van der Waals surface area contributed by atoms with Crippen LogP contribution in [0.3, 0.4) is 0 Å². The quantitative estimate of drug-likeness (QED) is 0.823. The maximum Gasteiger partial charge on any atom is 0.242 e. The van der Waals surface area contributed by atoms with Gasteiger partial charge in [0.15, 0.2) is 0 Å². The fraction of sp³-hybridized carbons (Fsp3) is 0.533. The fourth-order valence-corrected chi connectivity index (χ4v) is 2.30. The summed E-state index contributed by atoms with van der Waals surface area (Å²) in [6.07, 6.45) is 4.53. The van der Waals surface area contributed by atoms with E-state index in [1.807, 2.05) is 17.0 Å². The molecule has 21 heavy (non-hydrogen) atoms. The zero-order valence-electron chi connectivity index (χ0n) is 12.4. The van der Waals surface area contributed by atoms with Crippen LogP contribution in [0.2, 0.25) is 0 Å². The van der Waals surface area contributed by atoms with Gasteiger partial charge in [-0.3, -0.25) is 14.6 Å². The first kappa shape index (κ1) is 15.4. The van der Waals surface area contributed by atoms with Crippen molar-refractivity contribution in [3.63, 3.8) is 0 Å². The van der Waals surface area contributed by atoms with Crippen LogP contribution in [0.5, 0.6) is 0 Å². The molecule has 2 amide bonds. The van der Waals surface area contributed by atoms with Crippen molar-refractivity contribution in [2.45, 2.75) is 12.8 Å². The number of hydrogen-bond donors (Lipinski definition) is 1. The number of rotatable bonds is 5. The van der Waals surface area contributed by atoms with Crippen LogP contribution in [-0.4, -0.2) is 66.4 Å². The lowest BCUT2D eigenvalue weighted by atomic mass is 10.1. The molecule has 1 aliphatic rings. The summed E-state index contributed by atoms with van der Waals surface area (Å²) in [5.41, 5.74) is 1.08. The van der Waals surface area contributed by atoms with Crippen LogP contribution in [0.25, 0.3) is 0 Å². The first-order chi connectivity index (χ1) is 10.2. The van der Waals surface area contributed by atoms with E-state index in [2.05, 4.69) is 10.3 Å². The van der Waals surface area contributed by atoms with E-state index >= 15 is 0 Å². The SMILES string of the molecule is CN(CC(=O)N1CCNCC1)C(=O)CCc1ccncc1. The van der Waals surface area contributed by atoms with Gasteiger partial charge in [-0.05, 0) is 24.1 Å². The Kier molecular flexibility index (Phi) is 5.68. The van der Waals surface area contributed by atoms with Gasteiger partial charge in [0, 0.05) is 52.0 Å². The molecule has 1 aromatic rings. The Labute approximate surface area is 125 Å². The highest BCUT2D eigenvalue weighted by atomic mass is 16.2. The van der Waals surface area contributed by atoms with Gasteiger partial charge in [0.05, 0.1) is 6.54 Å². The van der Waals surface area contributed by atoms with Gasteiger partial charge in [-0.1, -0.05) is 0 Å². The molecule has 0 unspecified atom stereocenters. The summed E-state index contributed by atoms with van der Waals surface area (Å²) >= 11 is 0. The fourth-order valence-electron chi connectivity index (χ4n) is 2.30. The predicted octanol–water partition coefficient (Wildman–Crippen LogP) is -0.0956.